The van der Waals surface area contributed by atoms with Gasteiger partial charge in [-0.25, -0.2) is 4.79 Å². The maximum absolute atomic E-state index is 11.3. The van der Waals surface area contributed by atoms with Gasteiger partial charge >= 0.3 is 6.09 Å². The fraction of sp³-hybridized carbons (Fsp3) is 0.917. The Kier molecular flexibility index (Phi) is 7.18. The Morgan fingerprint density at radius 3 is 2.47 bits per heavy atom. The van der Waals surface area contributed by atoms with E-state index >= 15 is 0 Å². The summed E-state index contributed by atoms with van der Waals surface area (Å²) in [4.78, 5) is 13.1. The van der Waals surface area contributed by atoms with Crippen molar-refractivity contribution in [1.29, 1.82) is 0 Å². The van der Waals surface area contributed by atoms with E-state index in [4.69, 9.17) is 4.74 Å². The minimum Gasteiger partial charge on any atom is -0.450 e. The molecule has 0 spiro atoms. The molecule has 0 N–H and O–H groups in total. The lowest BCUT2D eigenvalue weighted by Crippen LogP contribution is -2.29. The summed E-state index contributed by atoms with van der Waals surface area (Å²) in [6, 6.07) is 0. The Labute approximate surface area is 93.8 Å². The van der Waals surface area contributed by atoms with Crippen LogP contribution in [-0.4, -0.2) is 30.7 Å². The number of hydrogen-bond donors (Lipinski definition) is 0. The quantitative estimate of drug-likeness (QED) is 0.708. The van der Waals surface area contributed by atoms with E-state index in [1.807, 2.05) is 25.7 Å². The summed E-state index contributed by atoms with van der Waals surface area (Å²) >= 11 is 0. The number of carbonyl (C=O) groups excluding carboxylic acids is 1. The molecule has 1 rings (SSSR count). The summed E-state index contributed by atoms with van der Waals surface area (Å²) in [5.41, 5.74) is 0. The zero-order valence-electron chi connectivity index (χ0n) is 10.7. The van der Waals surface area contributed by atoms with Gasteiger partial charge in [0, 0.05) is 13.1 Å². The van der Waals surface area contributed by atoms with Crippen molar-refractivity contribution in [2.24, 2.45) is 11.8 Å². The van der Waals surface area contributed by atoms with Gasteiger partial charge in [-0.2, -0.15) is 0 Å². The van der Waals surface area contributed by atoms with Gasteiger partial charge in [-0.3, -0.25) is 0 Å². The fourth-order valence-electron chi connectivity index (χ4n) is 1.71. The summed E-state index contributed by atoms with van der Waals surface area (Å²) in [6.07, 6.45) is 0.974. The Bertz CT molecular complexity index is 180. The average molecular weight is 215 g/mol. The summed E-state index contributed by atoms with van der Waals surface area (Å²) in [7, 11) is 0. The van der Waals surface area contributed by atoms with E-state index in [1.165, 1.54) is 0 Å². The third-order valence-corrected chi connectivity index (χ3v) is 2.69. The van der Waals surface area contributed by atoms with Crippen molar-refractivity contribution in [3.63, 3.8) is 0 Å². The van der Waals surface area contributed by atoms with Gasteiger partial charge in [0.1, 0.15) is 0 Å². The highest BCUT2D eigenvalue weighted by molar-refractivity contribution is 5.67. The third-order valence-electron chi connectivity index (χ3n) is 2.69. The van der Waals surface area contributed by atoms with E-state index in [9.17, 15) is 4.79 Å². The van der Waals surface area contributed by atoms with E-state index < -0.39 is 0 Å². The van der Waals surface area contributed by atoms with Crippen molar-refractivity contribution < 1.29 is 9.53 Å². The number of likely N-dealkylation sites (tertiary alicyclic amines) is 1. The second kappa shape index (κ2) is 7.55. The first kappa shape index (κ1) is 14.3. The molecule has 0 radical (unpaired) electrons. The minimum absolute atomic E-state index is 0.148. The highest BCUT2D eigenvalue weighted by Crippen LogP contribution is 2.23. The van der Waals surface area contributed by atoms with Crippen molar-refractivity contribution in [3.8, 4) is 0 Å². The number of rotatable bonds is 2. The van der Waals surface area contributed by atoms with Crippen molar-refractivity contribution >= 4 is 6.09 Å². The monoisotopic (exact) mass is 215 g/mol. The molecule has 1 aliphatic rings. The molecule has 1 aliphatic heterocycles. The Morgan fingerprint density at radius 1 is 1.47 bits per heavy atom. The van der Waals surface area contributed by atoms with Crippen LogP contribution >= 0.6 is 0 Å². The highest BCUT2D eigenvalue weighted by atomic mass is 16.6. The summed E-state index contributed by atoms with van der Waals surface area (Å²) in [5.74, 6) is 1.32. The smallest absolute Gasteiger partial charge is 0.409 e. The van der Waals surface area contributed by atoms with Crippen LogP contribution in [0.3, 0.4) is 0 Å². The molecule has 0 saturated carbocycles. The number of nitrogens with zero attached hydrogens (tertiary/aromatic N) is 1. The molecule has 1 saturated heterocycles. The first-order chi connectivity index (χ1) is 7.15. The van der Waals surface area contributed by atoms with Crippen LogP contribution in [0.25, 0.3) is 0 Å². The van der Waals surface area contributed by atoms with E-state index in [0.29, 0.717) is 18.4 Å². The molecule has 0 aromatic carbocycles. The topological polar surface area (TPSA) is 29.5 Å². The zero-order valence-corrected chi connectivity index (χ0v) is 10.7. The number of hydrogen-bond acceptors (Lipinski definition) is 2. The summed E-state index contributed by atoms with van der Waals surface area (Å²) in [5, 5.41) is 0. The van der Waals surface area contributed by atoms with Gasteiger partial charge in [-0.15, -0.1) is 0 Å². The molecular weight excluding hydrogens is 190 g/mol. The van der Waals surface area contributed by atoms with Gasteiger partial charge in [0.25, 0.3) is 0 Å². The summed E-state index contributed by atoms with van der Waals surface area (Å²) in [6.45, 7) is 12.5. The molecule has 0 aliphatic carbocycles. The second-order valence-corrected chi connectivity index (χ2v) is 3.94. The van der Waals surface area contributed by atoms with Gasteiger partial charge in [-0.1, -0.05) is 27.7 Å². The molecule has 0 bridgehead atoms. The van der Waals surface area contributed by atoms with E-state index in [2.05, 4.69) is 13.8 Å². The lowest BCUT2D eigenvalue weighted by Gasteiger charge is -2.17. The average Bonchev–Trinajstić information content (AvgIpc) is 2.70. The van der Waals surface area contributed by atoms with Gasteiger partial charge in [0.2, 0.25) is 0 Å². The SMILES string of the molecule is CC.CCOC(=O)N1CC[C@@H](C(C)C)C1. The van der Waals surface area contributed by atoms with Crippen LogP contribution in [0, 0.1) is 11.8 Å². The van der Waals surface area contributed by atoms with Crippen molar-refractivity contribution in [1.82, 2.24) is 4.90 Å². The van der Waals surface area contributed by atoms with Gasteiger partial charge < -0.3 is 9.64 Å². The maximum atomic E-state index is 11.3. The molecule has 3 nitrogen and oxygen atoms in total. The van der Waals surface area contributed by atoms with E-state index in [-0.39, 0.29) is 6.09 Å². The first-order valence-corrected chi connectivity index (χ1v) is 6.06. The molecule has 1 amide bonds. The second-order valence-electron chi connectivity index (χ2n) is 3.94. The third kappa shape index (κ3) is 4.54. The Balaban J connectivity index is 0.000000921. The predicted molar refractivity (Wildman–Crippen MR) is 62.9 cm³/mol. The molecule has 1 atom stereocenters. The molecule has 1 heterocycles. The molecule has 0 aromatic rings. The van der Waals surface area contributed by atoms with Crippen LogP contribution < -0.4 is 0 Å². The van der Waals surface area contributed by atoms with Crippen molar-refractivity contribution in [2.75, 3.05) is 19.7 Å². The van der Waals surface area contributed by atoms with Crippen LogP contribution in [0.5, 0.6) is 0 Å². The van der Waals surface area contributed by atoms with Crippen LogP contribution in [-0.2, 0) is 4.74 Å². The molecule has 0 unspecified atom stereocenters. The Morgan fingerprint density at radius 2 is 2.07 bits per heavy atom. The molecule has 90 valence electrons. The fourth-order valence-corrected chi connectivity index (χ4v) is 1.71. The van der Waals surface area contributed by atoms with Gasteiger partial charge in [-0.05, 0) is 25.2 Å². The zero-order chi connectivity index (χ0) is 11.8. The molecule has 1 fully saturated rings. The molecule has 3 heteroatoms. The molecule has 0 aromatic heterocycles. The van der Waals surface area contributed by atoms with Crippen LogP contribution in [0.1, 0.15) is 41.0 Å². The van der Waals surface area contributed by atoms with E-state index in [1.54, 1.807) is 0 Å². The number of carbonyl (C=O) groups is 1. The van der Waals surface area contributed by atoms with Gasteiger partial charge in [0.15, 0.2) is 0 Å². The largest absolute Gasteiger partial charge is 0.450 e. The normalized spacial score (nSPS) is 19.9. The van der Waals surface area contributed by atoms with Gasteiger partial charge in [0.05, 0.1) is 6.61 Å². The molecular formula is C12H25NO2. The number of ether oxygens (including phenoxy) is 1. The number of amides is 1. The highest BCUT2D eigenvalue weighted by Gasteiger charge is 2.28. The standard InChI is InChI=1S/C10H19NO2.C2H6/c1-4-13-10(12)11-6-5-9(7-11)8(2)3;1-2/h8-9H,4-7H2,1-3H3;1-2H3/t9-;/m1./s1. The maximum Gasteiger partial charge on any atom is 0.409 e. The van der Waals surface area contributed by atoms with Crippen LogP contribution in [0.4, 0.5) is 4.79 Å². The summed E-state index contributed by atoms with van der Waals surface area (Å²) < 4.78 is 4.94. The lowest BCUT2D eigenvalue weighted by atomic mass is 9.95. The lowest BCUT2D eigenvalue weighted by molar-refractivity contribution is 0.113. The van der Waals surface area contributed by atoms with Crippen molar-refractivity contribution in [2.45, 2.75) is 41.0 Å². The first-order valence-electron chi connectivity index (χ1n) is 6.06. The minimum atomic E-state index is -0.148. The Hall–Kier alpha value is -0.730. The van der Waals surface area contributed by atoms with E-state index in [0.717, 1.165) is 19.5 Å². The predicted octanol–water partition coefficient (Wildman–Crippen LogP) is 3.15. The molecule has 15 heavy (non-hydrogen) atoms. The van der Waals surface area contributed by atoms with Crippen LogP contribution in [0.15, 0.2) is 0 Å². The van der Waals surface area contributed by atoms with Crippen LogP contribution in [0.2, 0.25) is 0 Å². The van der Waals surface area contributed by atoms with Crippen molar-refractivity contribution in [3.05, 3.63) is 0 Å².